The fourth-order valence-corrected chi connectivity index (χ4v) is 5.94. The van der Waals surface area contributed by atoms with Crippen molar-refractivity contribution in [2.75, 3.05) is 11.6 Å². The number of amides is 1. The molecule has 1 amide bonds. The van der Waals surface area contributed by atoms with Gasteiger partial charge in [-0.25, -0.2) is 22.5 Å². The van der Waals surface area contributed by atoms with Crippen LogP contribution >= 0.6 is 0 Å². The fourth-order valence-electron chi connectivity index (χ4n) is 5.51. The maximum atomic E-state index is 14.6. The summed E-state index contributed by atoms with van der Waals surface area (Å²) in [6.45, 7) is -0.0247. The molecule has 0 saturated heterocycles. The van der Waals surface area contributed by atoms with Crippen LogP contribution in [0, 0.1) is 11.7 Å². The Hall–Kier alpha value is -4.94. The number of hydrogen-bond donors (Lipinski definition) is 4. The van der Waals surface area contributed by atoms with Crippen molar-refractivity contribution in [2.45, 2.75) is 25.8 Å². The maximum Gasteiger partial charge on any atom is 0.227 e. The van der Waals surface area contributed by atoms with Gasteiger partial charge in [0.25, 0.3) is 0 Å². The Bertz CT molecular complexity index is 2170. The number of anilines is 1. The van der Waals surface area contributed by atoms with Crippen LogP contribution in [0.4, 0.5) is 10.1 Å². The lowest BCUT2D eigenvalue weighted by Crippen LogP contribution is -2.28. The van der Waals surface area contributed by atoms with E-state index < -0.39 is 15.8 Å². The fraction of sp³-hybridized carbons (Fsp3) is 0.188. The highest BCUT2D eigenvalue weighted by Gasteiger charge is 2.25. The van der Waals surface area contributed by atoms with E-state index in [4.69, 9.17) is 0 Å². The number of sulfonamides is 1. The van der Waals surface area contributed by atoms with Crippen LogP contribution in [0.3, 0.4) is 0 Å². The van der Waals surface area contributed by atoms with Crippen molar-refractivity contribution in [3.63, 3.8) is 0 Å². The minimum Gasteiger partial charge on any atom is -0.338 e. The molecule has 0 spiro atoms. The summed E-state index contributed by atoms with van der Waals surface area (Å²) in [6, 6.07) is 16.1. The summed E-state index contributed by atoms with van der Waals surface area (Å²) in [4.78, 5) is 24.7. The number of aromatic amines is 2. The summed E-state index contributed by atoms with van der Waals surface area (Å²) < 4.78 is 40.2. The van der Waals surface area contributed by atoms with Gasteiger partial charge in [0.2, 0.25) is 15.9 Å². The smallest absolute Gasteiger partial charge is 0.227 e. The van der Waals surface area contributed by atoms with Gasteiger partial charge in [-0.15, -0.1) is 0 Å². The third kappa shape index (κ3) is 5.56. The molecule has 0 aliphatic heterocycles. The average Bonchev–Trinajstić information content (AvgIpc) is 3.58. The number of carbonyl (C=O) groups excluding carboxylic acids is 1. The zero-order valence-electron chi connectivity index (χ0n) is 23.7. The molecular formula is C32H28FN7O3S. The van der Waals surface area contributed by atoms with E-state index in [-0.39, 0.29) is 18.4 Å². The lowest BCUT2D eigenvalue weighted by molar-refractivity contribution is -0.122. The lowest BCUT2D eigenvalue weighted by atomic mass is 9.85. The minimum atomic E-state index is -3.43. The second kappa shape index (κ2) is 11.0. The number of pyridine rings is 2. The zero-order valence-corrected chi connectivity index (χ0v) is 24.5. The predicted octanol–water partition coefficient (Wildman–Crippen LogP) is 5.76. The molecule has 4 heterocycles. The predicted molar refractivity (Wildman–Crippen MR) is 167 cm³/mol. The van der Waals surface area contributed by atoms with E-state index in [1.54, 1.807) is 30.7 Å². The third-order valence-electron chi connectivity index (χ3n) is 7.97. The van der Waals surface area contributed by atoms with Gasteiger partial charge in [-0.1, -0.05) is 12.5 Å². The van der Waals surface area contributed by atoms with Crippen molar-refractivity contribution in [1.29, 1.82) is 0 Å². The molecule has 0 atom stereocenters. The number of benzene rings is 2. The number of fused-ring (bicyclic) bond motifs is 2. The summed E-state index contributed by atoms with van der Waals surface area (Å²) >= 11 is 0. The molecule has 0 unspecified atom stereocenters. The number of rotatable bonds is 8. The van der Waals surface area contributed by atoms with E-state index in [1.807, 2.05) is 30.3 Å². The van der Waals surface area contributed by atoms with Crippen LogP contribution in [0.25, 0.3) is 55.6 Å². The number of hydrogen-bond acceptors (Lipinski definition) is 6. The van der Waals surface area contributed by atoms with Crippen LogP contribution in [0.1, 0.15) is 24.8 Å². The second-order valence-corrected chi connectivity index (χ2v) is 13.0. The topological polar surface area (TPSA) is 146 Å². The van der Waals surface area contributed by atoms with Crippen LogP contribution in [0.5, 0.6) is 0 Å². The summed E-state index contributed by atoms with van der Waals surface area (Å²) in [6.07, 6.45) is 9.06. The Kier molecular flexibility index (Phi) is 6.94. The highest BCUT2D eigenvalue weighted by molar-refractivity contribution is 7.88. The lowest BCUT2D eigenvalue weighted by Gasteiger charge is -2.24. The molecule has 10 nitrogen and oxygen atoms in total. The molecule has 1 aliphatic carbocycles. The van der Waals surface area contributed by atoms with E-state index in [0.717, 1.165) is 64.2 Å². The number of halogens is 1. The van der Waals surface area contributed by atoms with E-state index in [0.29, 0.717) is 28.2 Å². The monoisotopic (exact) mass is 609 g/mol. The van der Waals surface area contributed by atoms with E-state index in [9.17, 15) is 17.6 Å². The van der Waals surface area contributed by atoms with Crippen LogP contribution in [-0.2, 0) is 21.4 Å². The number of nitrogens with zero attached hydrogens (tertiary/aromatic N) is 3. The first-order valence-electron chi connectivity index (χ1n) is 14.2. The molecule has 0 radical (unpaired) electrons. The molecule has 222 valence electrons. The first kappa shape index (κ1) is 27.9. The molecule has 12 heteroatoms. The van der Waals surface area contributed by atoms with Crippen molar-refractivity contribution in [2.24, 2.45) is 5.92 Å². The highest BCUT2D eigenvalue weighted by Crippen LogP contribution is 2.35. The van der Waals surface area contributed by atoms with Gasteiger partial charge in [0.05, 0.1) is 29.4 Å². The summed E-state index contributed by atoms with van der Waals surface area (Å²) in [7, 11) is -3.43. The van der Waals surface area contributed by atoms with Crippen LogP contribution < -0.4 is 10.0 Å². The van der Waals surface area contributed by atoms with Gasteiger partial charge in [0.15, 0.2) is 0 Å². The Labute approximate surface area is 252 Å². The van der Waals surface area contributed by atoms with Gasteiger partial charge in [0, 0.05) is 41.2 Å². The van der Waals surface area contributed by atoms with Crippen LogP contribution in [0.15, 0.2) is 73.2 Å². The Morgan fingerprint density at radius 3 is 2.66 bits per heavy atom. The minimum absolute atomic E-state index is 0.0247. The summed E-state index contributed by atoms with van der Waals surface area (Å²) in [5, 5.41) is 12.3. The van der Waals surface area contributed by atoms with Gasteiger partial charge < -0.3 is 10.3 Å². The molecule has 44 heavy (non-hydrogen) atoms. The second-order valence-electron chi connectivity index (χ2n) is 11.2. The van der Waals surface area contributed by atoms with Gasteiger partial charge in [0.1, 0.15) is 17.2 Å². The van der Waals surface area contributed by atoms with Gasteiger partial charge in [-0.05, 0) is 83.6 Å². The Balaban J connectivity index is 1.23. The standard InChI is InChI=1S/C32H28FN7O3S/c1-44(42,43)36-15-18-9-21(11-23(33)10-18)25-7-8-35-31-26(25)14-29(38-31)30-27-13-20(5-6-28(27)39-40-30)22-12-24(17-34-16-22)37-32(41)19-3-2-4-19/h5-14,16-17,19,36H,2-4,15H2,1H3,(H,35,38)(H,37,41)(H,39,40). The van der Waals surface area contributed by atoms with Crippen LogP contribution in [-0.4, -0.2) is 45.7 Å². The molecule has 1 saturated carbocycles. The molecule has 7 rings (SSSR count). The van der Waals surface area contributed by atoms with Crippen molar-refractivity contribution in [3.05, 3.63) is 84.6 Å². The average molecular weight is 610 g/mol. The summed E-state index contributed by atoms with van der Waals surface area (Å²) in [5.74, 6) is -0.357. The molecular weight excluding hydrogens is 581 g/mol. The number of H-pyrrole nitrogens is 2. The molecule has 6 aromatic rings. The first-order chi connectivity index (χ1) is 21.2. The normalized spacial score (nSPS) is 13.8. The van der Waals surface area contributed by atoms with Gasteiger partial charge in [-0.2, -0.15) is 5.10 Å². The molecule has 1 aliphatic rings. The SMILES string of the molecule is CS(=O)(=O)NCc1cc(F)cc(-c2ccnc3[nH]c(-c4n[nH]c5ccc(-c6cncc(NC(=O)C7CCC7)c6)cc45)cc23)c1. The van der Waals surface area contributed by atoms with Crippen molar-refractivity contribution >= 4 is 43.6 Å². The summed E-state index contributed by atoms with van der Waals surface area (Å²) in [5.41, 5.74) is 7.12. The number of aromatic nitrogens is 5. The van der Waals surface area contributed by atoms with Crippen molar-refractivity contribution in [1.82, 2.24) is 29.9 Å². The van der Waals surface area contributed by atoms with Gasteiger partial charge in [-0.3, -0.25) is 14.9 Å². The van der Waals surface area contributed by atoms with Crippen LogP contribution in [0.2, 0.25) is 0 Å². The highest BCUT2D eigenvalue weighted by atomic mass is 32.2. The van der Waals surface area contributed by atoms with E-state index in [1.165, 1.54) is 12.1 Å². The van der Waals surface area contributed by atoms with Crippen molar-refractivity contribution < 1.29 is 17.6 Å². The number of nitrogens with one attached hydrogen (secondary N) is 4. The zero-order chi connectivity index (χ0) is 30.4. The first-order valence-corrected chi connectivity index (χ1v) is 16.1. The number of carbonyl (C=O) groups is 1. The van der Waals surface area contributed by atoms with Crippen molar-refractivity contribution in [3.8, 4) is 33.6 Å². The largest absolute Gasteiger partial charge is 0.338 e. The Morgan fingerprint density at radius 1 is 1.00 bits per heavy atom. The molecule has 1 fully saturated rings. The van der Waals surface area contributed by atoms with E-state index >= 15 is 0 Å². The molecule has 4 N–H and O–H groups in total. The molecule has 0 bridgehead atoms. The molecule has 4 aromatic heterocycles. The quantitative estimate of drug-likeness (QED) is 0.173. The maximum absolute atomic E-state index is 14.6. The molecule has 2 aromatic carbocycles. The van der Waals surface area contributed by atoms with Gasteiger partial charge >= 0.3 is 0 Å². The van der Waals surface area contributed by atoms with E-state index in [2.05, 4.69) is 35.2 Å². The third-order valence-corrected chi connectivity index (χ3v) is 8.64. The Morgan fingerprint density at radius 2 is 1.86 bits per heavy atom.